The molecule has 126 valence electrons. The van der Waals surface area contributed by atoms with Gasteiger partial charge in [0.2, 0.25) is 5.91 Å². The van der Waals surface area contributed by atoms with E-state index in [9.17, 15) is 9.90 Å². The molecule has 3 rings (SSSR count). The molecule has 23 heavy (non-hydrogen) atoms. The second-order valence-electron chi connectivity index (χ2n) is 6.79. The van der Waals surface area contributed by atoms with E-state index in [4.69, 9.17) is 4.74 Å². The van der Waals surface area contributed by atoms with E-state index in [0.29, 0.717) is 13.0 Å². The first-order chi connectivity index (χ1) is 11.2. The highest BCUT2D eigenvalue weighted by atomic mass is 16.5. The molecule has 0 radical (unpaired) electrons. The third kappa shape index (κ3) is 3.35. The predicted molar refractivity (Wildman–Crippen MR) is 88.4 cm³/mol. The number of nitrogens with one attached hydrogen (secondary N) is 1. The molecule has 0 bridgehead atoms. The Balaban J connectivity index is 1.68. The van der Waals surface area contributed by atoms with Gasteiger partial charge in [-0.05, 0) is 49.0 Å². The van der Waals surface area contributed by atoms with Crippen molar-refractivity contribution in [2.45, 2.75) is 19.3 Å². The number of hydrogen-bond acceptors (Lipinski definition) is 4. The maximum absolute atomic E-state index is 12.7. The van der Waals surface area contributed by atoms with Gasteiger partial charge in [0.15, 0.2) is 0 Å². The van der Waals surface area contributed by atoms with Gasteiger partial charge in [-0.15, -0.1) is 0 Å². The summed E-state index contributed by atoms with van der Waals surface area (Å²) in [5, 5.41) is 13.1. The van der Waals surface area contributed by atoms with E-state index in [1.165, 1.54) is 0 Å². The number of aliphatic hydroxyl groups excluding tert-OH is 1. The van der Waals surface area contributed by atoms with Crippen LogP contribution in [0.1, 0.15) is 18.4 Å². The van der Waals surface area contributed by atoms with Crippen molar-refractivity contribution in [3.8, 4) is 5.75 Å². The summed E-state index contributed by atoms with van der Waals surface area (Å²) < 4.78 is 5.22. The molecule has 5 nitrogen and oxygen atoms in total. The van der Waals surface area contributed by atoms with E-state index in [-0.39, 0.29) is 23.8 Å². The number of methoxy groups -OCH3 is 1. The summed E-state index contributed by atoms with van der Waals surface area (Å²) >= 11 is 0. The molecule has 1 unspecified atom stereocenters. The average molecular weight is 318 g/mol. The van der Waals surface area contributed by atoms with Crippen molar-refractivity contribution in [1.29, 1.82) is 0 Å². The molecule has 0 aromatic heterocycles. The van der Waals surface area contributed by atoms with Crippen molar-refractivity contribution >= 4 is 5.91 Å². The standard InChI is InChI=1S/C18H26N2O3/c1-23-16-4-2-3-14(9-16)10-17(22)20-11-15(12-21)18(13-20)5-7-19-8-6-18/h2-4,9,15,19,21H,5-8,10-13H2,1H3. The minimum atomic E-state index is 0.101. The molecule has 5 heteroatoms. The molecule has 0 saturated carbocycles. The van der Waals surface area contributed by atoms with Crippen LogP contribution in [0.25, 0.3) is 0 Å². The van der Waals surface area contributed by atoms with Gasteiger partial charge < -0.3 is 20.1 Å². The van der Waals surface area contributed by atoms with Crippen LogP contribution in [0.3, 0.4) is 0 Å². The Labute approximate surface area is 137 Å². The van der Waals surface area contributed by atoms with E-state index in [2.05, 4.69) is 5.32 Å². The van der Waals surface area contributed by atoms with Gasteiger partial charge in [0, 0.05) is 25.6 Å². The fourth-order valence-electron chi connectivity index (χ4n) is 4.03. The van der Waals surface area contributed by atoms with E-state index in [1.807, 2.05) is 29.2 Å². The van der Waals surface area contributed by atoms with E-state index >= 15 is 0 Å². The normalized spacial score (nSPS) is 23.2. The molecule has 2 fully saturated rings. The Hall–Kier alpha value is -1.59. The molecular weight excluding hydrogens is 292 g/mol. The Morgan fingerprint density at radius 2 is 2.22 bits per heavy atom. The summed E-state index contributed by atoms with van der Waals surface area (Å²) in [6, 6.07) is 7.67. The number of ether oxygens (including phenoxy) is 1. The van der Waals surface area contributed by atoms with Gasteiger partial charge in [0.1, 0.15) is 5.75 Å². The fourth-order valence-corrected chi connectivity index (χ4v) is 4.03. The van der Waals surface area contributed by atoms with Gasteiger partial charge in [0.05, 0.1) is 13.5 Å². The molecular formula is C18H26N2O3. The van der Waals surface area contributed by atoms with Crippen LogP contribution in [0.5, 0.6) is 5.75 Å². The Morgan fingerprint density at radius 1 is 1.43 bits per heavy atom. The molecule has 2 saturated heterocycles. The van der Waals surface area contributed by atoms with Gasteiger partial charge in [0.25, 0.3) is 0 Å². The summed E-state index contributed by atoms with van der Waals surface area (Å²) in [6.07, 6.45) is 2.48. The number of piperidine rings is 1. The van der Waals surface area contributed by atoms with Crippen LogP contribution >= 0.6 is 0 Å². The maximum atomic E-state index is 12.7. The van der Waals surface area contributed by atoms with Crippen molar-refractivity contribution in [2.24, 2.45) is 11.3 Å². The monoisotopic (exact) mass is 318 g/mol. The topological polar surface area (TPSA) is 61.8 Å². The number of nitrogens with zero attached hydrogens (tertiary/aromatic N) is 1. The van der Waals surface area contributed by atoms with Crippen LogP contribution < -0.4 is 10.1 Å². The highest BCUT2D eigenvalue weighted by Crippen LogP contribution is 2.43. The number of amides is 1. The first-order valence-corrected chi connectivity index (χ1v) is 8.39. The van der Waals surface area contributed by atoms with Crippen molar-refractivity contribution in [2.75, 3.05) is 39.9 Å². The smallest absolute Gasteiger partial charge is 0.227 e. The van der Waals surface area contributed by atoms with Crippen molar-refractivity contribution in [1.82, 2.24) is 10.2 Å². The SMILES string of the molecule is COc1cccc(CC(=O)N2CC(CO)C3(CCNCC3)C2)c1. The zero-order valence-electron chi connectivity index (χ0n) is 13.8. The van der Waals surface area contributed by atoms with Crippen molar-refractivity contribution < 1.29 is 14.6 Å². The molecule has 1 aromatic rings. The molecule has 1 aromatic carbocycles. The van der Waals surface area contributed by atoms with E-state index < -0.39 is 0 Å². The van der Waals surface area contributed by atoms with Crippen LogP contribution in [-0.2, 0) is 11.2 Å². The van der Waals surface area contributed by atoms with E-state index in [0.717, 1.165) is 43.8 Å². The third-order valence-electron chi connectivity index (χ3n) is 5.47. The van der Waals surface area contributed by atoms with Crippen LogP contribution in [-0.4, -0.2) is 55.8 Å². The summed E-state index contributed by atoms with van der Waals surface area (Å²) in [5.41, 5.74) is 1.07. The number of carbonyl (C=O) groups excluding carboxylic acids is 1. The lowest BCUT2D eigenvalue weighted by Crippen LogP contribution is -2.43. The second-order valence-corrected chi connectivity index (χ2v) is 6.79. The summed E-state index contributed by atoms with van der Waals surface area (Å²) in [7, 11) is 1.63. The zero-order chi connectivity index (χ0) is 16.3. The predicted octanol–water partition coefficient (Wildman–Crippen LogP) is 1.06. The first kappa shape index (κ1) is 16.3. The van der Waals surface area contributed by atoms with Gasteiger partial charge in [-0.3, -0.25) is 4.79 Å². The molecule has 0 aliphatic carbocycles. The van der Waals surface area contributed by atoms with Crippen LogP contribution in [0, 0.1) is 11.3 Å². The largest absolute Gasteiger partial charge is 0.497 e. The Morgan fingerprint density at radius 3 is 2.91 bits per heavy atom. The summed E-state index contributed by atoms with van der Waals surface area (Å²) in [6.45, 7) is 3.59. The number of likely N-dealkylation sites (tertiary alicyclic amines) is 1. The quantitative estimate of drug-likeness (QED) is 0.871. The van der Waals surface area contributed by atoms with Gasteiger partial charge in [-0.1, -0.05) is 12.1 Å². The Kier molecular flexibility index (Phi) is 4.87. The highest BCUT2D eigenvalue weighted by molar-refractivity contribution is 5.79. The summed E-state index contributed by atoms with van der Waals surface area (Å²) in [4.78, 5) is 14.6. The summed E-state index contributed by atoms with van der Waals surface area (Å²) in [5.74, 6) is 1.13. The van der Waals surface area contributed by atoms with Crippen molar-refractivity contribution in [3.63, 3.8) is 0 Å². The molecule has 2 N–H and O–H groups in total. The van der Waals surface area contributed by atoms with Gasteiger partial charge >= 0.3 is 0 Å². The molecule has 2 aliphatic heterocycles. The number of aliphatic hydroxyl groups is 1. The lowest BCUT2D eigenvalue weighted by atomic mass is 9.71. The number of hydrogen-bond donors (Lipinski definition) is 2. The van der Waals surface area contributed by atoms with Crippen LogP contribution in [0.2, 0.25) is 0 Å². The maximum Gasteiger partial charge on any atom is 0.227 e. The van der Waals surface area contributed by atoms with Crippen LogP contribution in [0.15, 0.2) is 24.3 Å². The molecule has 1 amide bonds. The minimum absolute atomic E-state index is 0.101. The first-order valence-electron chi connectivity index (χ1n) is 8.39. The number of benzene rings is 1. The average Bonchev–Trinajstić information content (AvgIpc) is 2.93. The minimum Gasteiger partial charge on any atom is -0.497 e. The molecule has 1 atom stereocenters. The number of rotatable bonds is 4. The highest BCUT2D eigenvalue weighted by Gasteiger charge is 2.47. The van der Waals surface area contributed by atoms with Gasteiger partial charge in [-0.2, -0.15) is 0 Å². The molecule has 2 heterocycles. The fraction of sp³-hybridized carbons (Fsp3) is 0.611. The van der Waals surface area contributed by atoms with Crippen molar-refractivity contribution in [3.05, 3.63) is 29.8 Å². The number of carbonyl (C=O) groups is 1. The lowest BCUT2D eigenvalue weighted by molar-refractivity contribution is -0.130. The molecule has 1 spiro atoms. The van der Waals surface area contributed by atoms with Crippen LogP contribution in [0.4, 0.5) is 0 Å². The van der Waals surface area contributed by atoms with E-state index in [1.54, 1.807) is 7.11 Å². The third-order valence-corrected chi connectivity index (χ3v) is 5.47. The molecule has 2 aliphatic rings. The Bertz CT molecular complexity index is 555. The zero-order valence-corrected chi connectivity index (χ0v) is 13.8. The lowest BCUT2D eigenvalue weighted by Gasteiger charge is -2.37. The van der Waals surface area contributed by atoms with Gasteiger partial charge in [-0.25, -0.2) is 0 Å². The second kappa shape index (κ2) is 6.89.